The zero-order valence-electron chi connectivity index (χ0n) is 12.9. The second-order valence-electron chi connectivity index (χ2n) is 7.20. The van der Waals surface area contributed by atoms with Crippen molar-refractivity contribution in [3.8, 4) is 0 Å². The first-order valence-electron chi connectivity index (χ1n) is 8.08. The third kappa shape index (κ3) is 2.86. The van der Waals surface area contributed by atoms with Crippen LogP contribution in [0.4, 0.5) is 0 Å². The van der Waals surface area contributed by atoms with Crippen molar-refractivity contribution in [2.24, 2.45) is 23.7 Å². The SMILES string of the molecule is CC1CCCC(S(=O)(=O)C2CCCC(C)C2C)C1C. The van der Waals surface area contributed by atoms with Gasteiger partial charge >= 0.3 is 0 Å². The summed E-state index contributed by atoms with van der Waals surface area (Å²) in [6.07, 6.45) is 6.36. The highest BCUT2D eigenvalue weighted by Crippen LogP contribution is 2.41. The Labute approximate surface area is 119 Å². The van der Waals surface area contributed by atoms with E-state index in [2.05, 4.69) is 27.7 Å². The molecule has 0 aromatic heterocycles. The maximum absolute atomic E-state index is 13.1. The van der Waals surface area contributed by atoms with Crippen molar-refractivity contribution in [3.05, 3.63) is 0 Å². The highest BCUT2D eigenvalue weighted by molar-refractivity contribution is 7.92. The van der Waals surface area contributed by atoms with Crippen molar-refractivity contribution in [3.63, 3.8) is 0 Å². The molecule has 0 radical (unpaired) electrons. The summed E-state index contributed by atoms with van der Waals surface area (Å²) >= 11 is 0. The van der Waals surface area contributed by atoms with Crippen LogP contribution in [-0.2, 0) is 9.84 Å². The van der Waals surface area contributed by atoms with E-state index in [9.17, 15) is 8.42 Å². The Hall–Kier alpha value is -0.0500. The van der Waals surface area contributed by atoms with Gasteiger partial charge in [-0.15, -0.1) is 0 Å². The topological polar surface area (TPSA) is 34.1 Å². The number of hydrogen-bond acceptors (Lipinski definition) is 2. The summed E-state index contributed by atoms with van der Waals surface area (Å²) in [5, 5.41) is -0.150. The van der Waals surface area contributed by atoms with Gasteiger partial charge < -0.3 is 0 Å². The quantitative estimate of drug-likeness (QED) is 0.767. The third-order valence-electron chi connectivity index (χ3n) is 6.11. The molecule has 0 amide bonds. The van der Waals surface area contributed by atoms with Crippen molar-refractivity contribution < 1.29 is 8.42 Å². The van der Waals surface area contributed by atoms with Crippen molar-refractivity contribution in [2.75, 3.05) is 0 Å². The first-order valence-corrected chi connectivity index (χ1v) is 9.69. The van der Waals surface area contributed by atoms with E-state index in [-0.39, 0.29) is 10.5 Å². The fourth-order valence-electron chi connectivity index (χ4n) is 4.22. The van der Waals surface area contributed by atoms with Crippen molar-refractivity contribution in [1.29, 1.82) is 0 Å². The fourth-order valence-corrected chi connectivity index (χ4v) is 7.39. The Morgan fingerprint density at radius 2 is 1.05 bits per heavy atom. The molecule has 2 aliphatic rings. The highest BCUT2D eigenvalue weighted by Gasteiger charge is 2.44. The summed E-state index contributed by atoms with van der Waals surface area (Å²) in [7, 11) is -2.95. The predicted molar refractivity (Wildman–Crippen MR) is 80.9 cm³/mol. The minimum atomic E-state index is -2.95. The molecule has 0 N–H and O–H groups in total. The van der Waals surface area contributed by atoms with E-state index < -0.39 is 9.84 Å². The van der Waals surface area contributed by atoms with E-state index in [1.807, 2.05) is 0 Å². The van der Waals surface area contributed by atoms with Crippen LogP contribution in [0.5, 0.6) is 0 Å². The minimum absolute atomic E-state index is 0.0750. The van der Waals surface area contributed by atoms with Crippen LogP contribution in [-0.4, -0.2) is 18.9 Å². The molecule has 2 saturated carbocycles. The predicted octanol–water partition coefficient (Wildman–Crippen LogP) is 4.05. The van der Waals surface area contributed by atoms with Crippen LogP contribution in [0, 0.1) is 23.7 Å². The molecule has 2 aliphatic carbocycles. The van der Waals surface area contributed by atoms with E-state index in [1.165, 1.54) is 12.8 Å². The van der Waals surface area contributed by atoms with Crippen LogP contribution in [0.3, 0.4) is 0 Å². The lowest BCUT2D eigenvalue weighted by atomic mass is 9.81. The molecule has 112 valence electrons. The third-order valence-corrected chi connectivity index (χ3v) is 9.13. The molecule has 2 nitrogen and oxygen atoms in total. The Morgan fingerprint density at radius 3 is 1.42 bits per heavy atom. The zero-order chi connectivity index (χ0) is 14.2. The number of sulfone groups is 1. The van der Waals surface area contributed by atoms with Crippen LogP contribution in [0.25, 0.3) is 0 Å². The molecule has 3 heteroatoms. The molecule has 0 saturated heterocycles. The standard InChI is InChI=1S/C16H30O2S/c1-11-7-5-9-15(13(11)3)19(17,18)16-10-6-8-12(2)14(16)4/h11-16H,5-10H2,1-4H3. The van der Waals surface area contributed by atoms with Gasteiger partial charge in [-0.2, -0.15) is 0 Å². The van der Waals surface area contributed by atoms with Gasteiger partial charge in [0.15, 0.2) is 9.84 Å². The van der Waals surface area contributed by atoms with Crippen LogP contribution >= 0.6 is 0 Å². The normalized spacial score (nSPS) is 45.1. The first-order chi connectivity index (χ1) is 8.85. The molecule has 0 aliphatic heterocycles. The Balaban J connectivity index is 2.21. The van der Waals surface area contributed by atoms with Crippen molar-refractivity contribution in [1.82, 2.24) is 0 Å². The maximum atomic E-state index is 13.1. The second kappa shape index (κ2) is 5.75. The monoisotopic (exact) mass is 286 g/mol. The largest absolute Gasteiger partial charge is 0.228 e. The average molecular weight is 286 g/mol. The molecule has 19 heavy (non-hydrogen) atoms. The maximum Gasteiger partial charge on any atom is 0.156 e. The van der Waals surface area contributed by atoms with Crippen molar-refractivity contribution in [2.45, 2.75) is 76.7 Å². The lowest BCUT2D eigenvalue weighted by Crippen LogP contribution is -2.45. The Kier molecular flexibility index (Phi) is 4.64. The number of hydrogen-bond donors (Lipinski definition) is 0. The molecular formula is C16H30O2S. The molecule has 0 bridgehead atoms. The zero-order valence-corrected chi connectivity index (χ0v) is 13.7. The second-order valence-corrected chi connectivity index (χ2v) is 9.59. The summed E-state index contributed by atoms with van der Waals surface area (Å²) in [5.41, 5.74) is 0. The molecule has 0 aromatic rings. The van der Waals surface area contributed by atoms with Gasteiger partial charge in [0.1, 0.15) is 0 Å². The summed E-state index contributed by atoms with van der Waals surface area (Å²) in [6, 6.07) is 0. The molecule has 6 unspecified atom stereocenters. The smallest absolute Gasteiger partial charge is 0.156 e. The molecule has 2 rings (SSSR count). The van der Waals surface area contributed by atoms with E-state index in [1.54, 1.807) is 0 Å². The van der Waals surface area contributed by atoms with E-state index in [0.29, 0.717) is 23.7 Å². The molecule has 0 heterocycles. The lowest BCUT2D eigenvalue weighted by molar-refractivity contribution is 0.256. The van der Waals surface area contributed by atoms with Gasteiger partial charge in [0.25, 0.3) is 0 Å². The molecule has 6 atom stereocenters. The fraction of sp³-hybridized carbons (Fsp3) is 1.00. The summed E-state index contributed by atoms with van der Waals surface area (Å²) in [5.74, 6) is 1.79. The summed E-state index contributed by atoms with van der Waals surface area (Å²) in [4.78, 5) is 0. The van der Waals surface area contributed by atoms with Gasteiger partial charge in [-0.25, -0.2) is 8.42 Å². The van der Waals surface area contributed by atoms with Crippen LogP contribution < -0.4 is 0 Å². The van der Waals surface area contributed by atoms with Gasteiger partial charge in [0, 0.05) is 0 Å². The molecular weight excluding hydrogens is 256 g/mol. The number of rotatable bonds is 2. The molecule has 0 spiro atoms. The van der Waals surface area contributed by atoms with Gasteiger partial charge in [-0.1, -0.05) is 53.4 Å². The first kappa shape index (κ1) is 15.3. The summed E-state index contributed by atoms with van der Waals surface area (Å²) in [6.45, 7) is 8.75. The van der Waals surface area contributed by atoms with Crippen molar-refractivity contribution >= 4 is 9.84 Å². The van der Waals surface area contributed by atoms with E-state index >= 15 is 0 Å². The van der Waals surface area contributed by atoms with Gasteiger partial charge in [-0.3, -0.25) is 0 Å². The highest BCUT2D eigenvalue weighted by atomic mass is 32.2. The summed E-state index contributed by atoms with van der Waals surface area (Å²) < 4.78 is 26.1. The van der Waals surface area contributed by atoms with Gasteiger partial charge in [0.05, 0.1) is 10.5 Å². The Bertz CT molecular complexity index is 369. The Morgan fingerprint density at radius 1 is 0.684 bits per heavy atom. The lowest BCUT2D eigenvalue weighted by Gasteiger charge is -2.40. The van der Waals surface area contributed by atoms with Gasteiger partial charge in [-0.05, 0) is 36.5 Å². The molecule has 2 fully saturated rings. The van der Waals surface area contributed by atoms with Gasteiger partial charge in [0.2, 0.25) is 0 Å². The van der Waals surface area contributed by atoms with E-state index in [0.717, 1.165) is 25.7 Å². The van der Waals surface area contributed by atoms with Crippen LogP contribution in [0.15, 0.2) is 0 Å². The van der Waals surface area contributed by atoms with Crippen LogP contribution in [0.1, 0.15) is 66.2 Å². The average Bonchev–Trinajstić information content (AvgIpc) is 2.35. The van der Waals surface area contributed by atoms with Crippen LogP contribution in [0.2, 0.25) is 0 Å². The minimum Gasteiger partial charge on any atom is -0.228 e. The molecule has 0 aromatic carbocycles. The van der Waals surface area contributed by atoms with E-state index in [4.69, 9.17) is 0 Å².